The third kappa shape index (κ3) is 3.16. The molecule has 0 unspecified atom stereocenters. The van der Waals surface area contributed by atoms with Crippen LogP contribution in [0.1, 0.15) is 24.3 Å². The predicted molar refractivity (Wildman–Crippen MR) is 93.9 cm³/mol. The van der Waals surface area contributed by atoms with Crippen LogP contribution in [-0.2, 0) is 10.0 Å². The Bertz CT molecular complexity index is 997. The van der Waals surface area contributed by atoms with Gasteiger partial charge in [0.1, 0.15) is 0 Å². The number of aromatic nitrogens is 2. The highest BCUT2D eigenvalue weighted by atomic mass is 32.2. The summed E-state index contributed by atoms with van der Waals surface area (Å²) in [5, 5.41) is 7.20. The van der Waals surface area contributed by atoms with Gasteiger partial charge in [0.25, 0.3) is 11.5 Å². The standard InChI is InChI=1S/C16H20N4O4S/c1-16(2)10-19(25(3,23)24)8-9-20(16)15(22)13-11-6-4-5-7-12(11)14(21)18-17-13/h4-7H,8-10H2,1-3H3,(H,18,21). The SMILES string of the molecule is CC1(C)CN(S(C)(=O)=O)CCN1C(=O)c1n[nH]c(=O)c2ccccc12. The lowest BCUT2D eigenvalue weighted by Crippen LogP contribution is -2.62. The first-order valence-corrected chi connectivity index (χ1v) is 9.70. The number of carbonyl (C=O) groups is 1. The number of hydrogen-bond donors (Lipinski definition) is 1. The van der Waals surface area contributed by atoms with Crippen LogP contribution in [0.2, 0.25) is 0 Å². The highest BCUT2D eigenvalue weighted by Gasteiger charge is 2.40. The molecule has 1 saturated heterocycles. The van der Waals surface area contributed by atoms with Crippen LogP contribution in [-0.4, -0.2) is 65.2 Å². The molecule has 1 aliphatic rings. The van der Waals surface area contributed by atoms with Crippen molar-refractivity contribution >= 4 is 26.7 Å². The summed E-state index contributed by atoms with van der Waals surface area (Å²) in [7, 11) is -3.32. The molecule has 0 saturated carbocycles. The van der Waals surface area contributed by atoms with Gasteiger partial charge in [0.05, 0.1) is 17.2 Å². The summed E-state index contributed by atoms with van der Waals surface area (Å²) in [6.07, 6.45) is 1.16. The summed E-state index contributed by atoms with van der Waals surface area (Å²) in [5.74, 6) is -0.328. The second-order valence-electron chi connectivity index (χ2n) is 6.81. The molecule has 2 heterocycles. The molecule has 1 fully saturated rings. The predicted octanol–water partition coefficient (Wildman–Crippen LogP) is 0.419. The molecule has 8 nitrogen and oxygen atoms in total. The lowest BCUT2D eigenvalue weighted by atomic mass is 9.99. The van der Waals surface area contributed by atoms with Gasteiger partial charge < -0.3 is 4.90 Å². The quantitative estimate of drug-likeness (QED) is 0.832. The molecule has 25 heavy (non-hydrogen) atoms. The van der Waals surface area contributed by atoms with E-state index in [2.05, 4.69) is 10.2 Å². The minimum atomic E-state index is -3.32. The Balaban J connectivity index is 2.00. The molecule has 1 aliphatic heterocycles. The second-order valence-corrected chi connectivity index (χ2v) is 8.80. The number of nitrogens with one attached hydrogen (secondary N) is 1. The van der Waals surface area contributed by atoms with E-state index in [1.807, 2.05) is 13.8 Å². The number of H-pyrrole nitrogens is 1. The van der Waals surface area contributed by atoms with E-state index >= 15 is 0 Å². The van der Waals surface area contributed by atoms with Gasteiger partial charge in [-0.25, -0.2) is 13.5 Å². The Labute approximate surface area is 145 Å². The molecular weight excluding hydrogens is 344 g/mol. The number of benzene rings is 1. The van der Waals surface area contributed by atoms with Gasteiger partial charge in [0.2, 0.25) is 10.0 Å². The first kappa shape index (κ1) is 17.6. The summed E-state index contributed by atoms with van der Waals surface area (Å²) < 4.78 is 25.0. The summed E-state index contributed by atoms with van der Waals surface area (Å²) in [5.41, 5.74) is -0.887. The van der Waals surface area contributed by atoms with Crippen molar-refractivity contribution in [2.24, 2.45) is 0 Å². The van der Waals surface area contributed by atoms with Crippen LogP contribution >= 0.6 is 0 Å². The topological polar surface area (TPSA) is 103 Å². The molecule has 0 bridgehead atoms. The smallest absolute Gasteiger partial charge is 0.275 e. The van der Waals surface area contributed by atoms with Crippen LogP contribution in [0.5, 0.6) is 0 Å². The minimum Gasteiger partial charge on any atom is -0.329 e. The maximum atomic E-state index is 13.1. The first-order chi connectivity index (χ1) is 11.6. The zero-order valence-corrected chi connectivity index (χ0v) is 15.1. The second kappa shape index (κ2) is 5.92. The maximum absolute atomic E-state index is 13.1. The number of piperazine rings is 1. The van der Waals surface area contributed by atoms with Crippen molar-refractivity contribution in [3.05, 3.63) is 40.3 Å². The van der Waals surface area contributed by atoms with E-state index in [-0.39, 0.29) is 36.8 Å². The molecule has 2 aromatic rings. The molecule has 0 spiro atoms. The summed E-state index contributed by atoms with van der Waals surface area (Å²) in [6, 6.07) is 6.79. The van der Waals surface area contributed by atoms with Gasteiger partial charge in [-0.2, -0.15) is 9.40 Å². The highest BCUT2D eigenvalue weighted by molar-refractivity contribution is 7.88. The Morgan fingerprint density at radius 2 is 1.84 bits per heavy atom. The average molecular weight is 364 g/mol. The van der Waals surface area contributed by atoms with Gasteiger partial charge in [-0.15, -0.1) is 0 Å². The molecule has 0 atom stereocenters. The number of carbonyl (C=O) groups excluding carboxylic acids is 1. The van der Waals surface area contributed by atoms with Gasteiger partial charge in [0.15, 0.2) is 5.69 Å². The molecule has 1 aromatic carbocycles. The Kier molecular flexibility index (Phi) is 4.16. The zero-order chi connectivity index (χ0) is 18.4. The van der Waals surface area contributed by atoms with Crippen LogP contribution in [0.25, 0.3) is 10.8 Å². The first-order valence-electron chi connectivity index (χ1n) is 7.86. The van der Waals surface area contributed by atoms with E-state index in [0.717, 1.165) is 6.26 Å². The van der Waals surface area contributed by atoms with Crippen molar-refractivity contribution < 1.29 is 13.2 Å². The van der Waals surface area contributed by atoms with Crippen LogP contribution in [0.15, 0.2) is 29.1 Å². The number of rotatable bonds is 2. The third-order valence-corrected chi connectivity index (χ3v) is 5.73. The molecule has 0 radical (unpaired) electrons. The van der Waals surface area contributed by atoms with Gasteiger partial charge >= 0.3 is 0 Å². The van der Waals surface area contributed by atoms with Crippen molar-refractivity contribution in [3.8, 4) is 0 Å². The van der Waals surface area contributed by atoms with Gasteiger partial charge in [0, 0.05) is 25.0 Å². The third-order valence-electron chi connectivity index (χ3n) is 4.48. The normalized spacial score (nSPS) is 18.4. The highest BCUT2D eigenvalue weighted by Crippen LogP contribution is 2.25. The lowest BCUT2D eigenvalue weighted by molar-refractivity contribution is 0.0349. The summed E-state index contributed by atoms with van der Waals surface area (Å²) >= 11 is 0. The largest absolute Gasteiger partial charge is 0.329 e. The van der Waals surface area contributed by atoms with E-state index in [1.165, 1.54) is 4.31 Å². The minimum absolute atomic E-state index is 0.163. The van der Waals surface area contributed by atoms with Gasteiger partial charge in [-0.1, -0.05) is 18.2 Å². The lowest BCUT2D eigenvalue weighted by Gasteiger charge is -2.46. The van der Waals surface area contributed by atoms with E-state index in [1.54, 1.807) is 29.2 Å². The van der Waals surface area contributed by atoms with Crippen molar-refractivity contribution in [2.75, 3.05) is 25.9 Å². The Morgan fingerprint density at radius 3 is 2.44 bits per heavy atom. The Morgan fingerprint density at radius 1 is 1.20 bits per heavy atom. The molecule has 134 valence electrons. The van der Waals surface area contributed by atoms with Crippen LogP contribution in [0, 0.1) is 0 Å². The number of amides is 1. The monoisotopic (exact) mass is 364 g/mol. The number of nitrogens with zero attached hydrogens (tertiary/aromatic N) is 3. The van der Waals surface area contributed by atoms with Crippen LogP contribution in [0.3, 0.4) is 0 Å². The van der Waals surface area contributed by atoms with Crippen molar-refractivity contribution in [2.45, 2.75) is 19.4 Å². The van der Waals surface area contributed by atoms with Crippen molar-refractivity contribution in [3.63, 3.8) is 0 Å². The fourth-order valence-corrected chi connectivity index (χ4v) is 4.14. The van der Waals surface area contributed by atoms with E-state index < -0.39 is 15.6 Å². The molecule has 1 aromatic heterocycles. The number of fused-ring (bicyclic) bond motifs is 1. The van der Waals surface area contributed by atoms with Crippen LogP contribution < -0.4 is 5.56 Å². The zero-order valence-electron chi connectivity index (χ0n) is 14.3. The summed E-state index contributed by atoms with van der Waals surface area (Å²) in [6.45, 7) is 4.33. The number of aromatic amines is 1. The van der Waals surface area contributed by atoms with E-state index in [0.29, 0.717) is 10.8 Å². The molecular formula is C16H20N4O4S. The van der Waals surface area contributed by atoms with Crippen LogP contribution in [0.4, 0.5) is 0 Å². The molecule has 1 amide bonds. The van der Waals surface area contributed by atoms with Gasteiger partial charge in [-0.05, 0) is 19.9 Å². The molecule has 9 heteroatoms. The van der Waals surface area contributed by atoms with Crippen molar-refractivity contribution in [1.82, 2.24) is 19.4 Å². The molecule has 1 N–H and O–H groups in total. The summed E-state index contributed by atoms with van der Waals surface area (Å²) in [4.78, 5) is 26.6. The molecule has 0 aliphatic carbocycles. The number of sulfonamides is 1. The maximum Gasteiger partial charge on any atom is 0.275 e. The molecule has 3 rings (SSSR count). The average Bonchev–Trinajstić information content (AvgIpc) is 2.53. The Hall–Kier alpha value is -2.26. The van der Waals surface area contributed by atoms with Gasteiger partial charge in [-0.3, -0.25) is 9.59 Å². The number of hydrogen-bond acceptors (Lipinski definition) is 5. The fraction of sp³-hybridized carbons (Fsp3) is 0.438. The van der Waals surface area contributed by atoms with E-state index in [9.17, 15) is 18.0 Å². The fourth-order valence-electron chi connectivity index (χ4n) is 3.18. The van der Waals surface area contributed by atoms with E-state index in [4.69, 9.17) is 0 Å². The van der Waals surface area contributed by atoms with Crippen molar-refractivity contribution in [1.29, 1.82) is 0 Å².